The summed E-state index contributed by atoms with van der Waals surface area (Å²) in [7, 11) is 0. The minimum atomic E-state index is -0.828. The molecule has 0 aliphatic heterocycles. The highest BCUT2D eigenvalue weighted by Gasteiger charge is 2.25. The summed E-state index contributed by atoms with van der Waals surface area (Å²) >= 11 is 0. The van der Waals surface area contributed by atoms with Gasteiger partial charge < -0.3 is 10.2 Å². The van der Waals surface area contributed by atoms with Crippen LogP contribution in [0, 0.1) is 0 Å². The molecule has 0 amide bonds. The van der Waals surface area contributed by atoms with Crippen molar-refractivity contribution in [1.29, 1.82) is 0 Å². The third-order valence-corrected chi connectivity index (χ3v) is 2.23. The van der Waals surface area contributed by atoms with E-state index in [4.69, 9.17) is 5.11 Å². The quantitative estimate of drug-likeness (QED) is 0.643. The molecule has 0 aliphatic rings. The van der Waals surface area contributed by atoms with Gasteiger partial charge in [-0.2, -0.15) is 0 Å². The van der Waals surface area contributed by atoms with Crippen molar-refractivity contribution in [2.24, 2.45) is 0 Å². The minimum Gasteiger partial charge on any atom is -0.481 e. The van der Waals surface area contributed by atoms with E-state index in [-0.39, 0.29) is 6.42 Å². The van der Waals surface area contributed by atoms with Gasteiger partial charge in [-0.1, -0.05) is 26.7 Å². The molecule has 0 atom stereocenters. The van der Waals surface area contributed by atoms with Crippen LogP contribution in [0.1, 0.15) is 52.4 Å². The van der Waals surface area contributed by atoms with Crippen LogP contribution in [-0.4, -0.2) is 21.8 Å². The second-order valence-electron chi connectivity index (χ2n) is 3.62. The molecule has 13 heavy (non-hydrogen) atoms. The molecule has 0 aromatic carbocycles. The standard InChI is InChI=1S/C10H20O3/c1-3-6-10(13,7-4-2)8-5-9(11)12/h13H,3-8H2,1-2H3,(H,11,12). The van der Waals surface area contributed by atoms with Crippen LogP contribution in [0.15, 0.2) is 0 Å². The first kappa shape index (κ1) is 12.4. The average Bonchev–Trinajstić information content (AvgIpc) is 2.02. The summed E-state index contributed by atoms with van der Waals surface area (Å²) < 4.78 is 0. The zero-order valence-electron chi connectivity index (χ0n) is 8.55. The molecule has 2 N–H and O–H groups in total. The van der Waals surface area contributed by atoms with E-state index in [9.17, 15) is 9.90 Å². The van der Waals surface area contributed by atoms with Gasteiger partial charge >= 0.3 is 5.97 Å². The van der Waals surface area contributed by atoms with Crippen LogP contribution in [-0.2, 0) is 4.79 Å². The van der Waals surface area contributed by atoms with Crippen LogP contribution >= 0.6 is 0 Å². The molecule has 0 aromatic rings. The number of carboxylic acids is 1. The lowest BCUT2D eigenvalue weighted by Crippen LogP contribution is -2.29. The van der Waals surface area contributed by atoms with Crippen LogP contribution in [0.5, 0.6) is 0 Å². The maximum Gasteiger partial charge on any atom is 0.303 e. The van der Waals surface area contributed by atoms with Gasteiger partial charge in [-0.15, -0.1) is 0 Å². The van der Waals surface area contributed by atoms with Gasteiger partial charge in [0.1, 0.15) is 0 Å². The summed E-state index contributed by atoms with van der Waals surface area (Å²) in [6.07, 6.45) is 3.65. The lowest BCUT2D eigenvalue weighted by molar-refractivity contribution is -0.138. The van der Waals surface area contributed by atoms with Crippen molar-refractivity contribution in [3.8, 4) is 0 Å². The van der Waals surface area contributed by atoms with Crippen LogP contribution in [0.2, 0.25) is 0 Å². The van der Waals surface area contributed by atoms with Gasteiger partial charge in [0.15, 0.2) is 0 Å². The molecule has 0 fully saturated rings. The molecule has 0 aromatic heterocycles. The fourth-order valence-corrected chi connectivity index (χ4v) is 1.65. The van der Waals surface area contributed by atoms with Crippen molar-refractivity contribution >= 4 is 5.97 Å². The van der Waals surface area contributed by atoms with Gasteiger partial charge in [0.25, 0.3) is 0 Å². The molecular weight excluding hydrogens is 168 g/mol. The van der Waals surface area contributed by atoms with E-state index in [1.165, 1.54) is 0 Å². The number of rotatable bonds is 7. The van der Waals surface area contributed by atoms with Gasteiger partial charge in [-0.05, 0) is 19.3 Å². The molecule has 0 aliphatic carbocycles. The van der Waals surface area contributed by atoms with Crippen molar-refractivity contribution in [2.45, 2.75) is 58.0 Å². The van der Waals surface area contributed by atoms with Crippen LogP contribution < -0.4 is 0 Å². The fourth-order valence-electron chi connectivity index (χ4n) is 1.65. The summed E-state index contributed by atoms with van der Waals surface area (Å²) in [5.41, 5.74) is -0.748. The summed E-state index contributed by atoms with van der Waals surface area (Å²) in [5, 5.41) is 18.5. The highest BCUT2D eigenvalue weighted by molar-refractivity contribution is 5.66. The normalized spacial score (nSPS) is 11.6. The van der Waals surface area contributed by atoms with E-state index in [0.717, 1.165) is 12.8 Å². The second kappa shape index (κ2) is 5.97. The predicted octanol–water partition coefficient (Wildman–Crippen LogP) is 2.18. The molecule has 0 rings (SSSR count). The zero-order chi connectivity index (χ0) is 10.3. The Labute approximate surface area is 79.8 Å². The van der Waals surface area contributed by atoms with E-state index < -0.39 is 11.6 Å². The molecule has 0 saturated heterocycles. The van der Waals surface area contributed by atoms with Crippen molar-refractivity contribution in [3.63, 3.8) is 0 Å². The van der Waals surface area contributed by atoms with E-state index >= 15 is 0 Å². The van der Waals surface area contributed by atoms with Gasteiger partial charge in [-0.25, -0.2) is 0 Å². The highest BCUT2D eigenvalue weighted by atomic mass is 16.4. The Morgan fingerprint density at radius 1 is 1.15 bits per heavy atom. The van der Waals surface area contributed by atoms with Crippen LogP contribution in [0.3, 0.4) is 0 Å². The van der Waals surface area contributed by atoms with Crippen LogP contribution in [0.4, 0.5) is 0 Å². The van der Waals surface area contributed by atoms with Crippen molar-refractivity contribution < 1.29 is 15.0 Å². The van der Waals surface area contributed by atoms with Crippen molar-refractivity contribution in [1.82, 2.24) is 0 Å². The molecule has 0 heterocycles. The summed E-state index contributed by atoms with van der Waals surface area (Å²) in [4.78, 5) is 10.3. The number of aliphatic carboxylic acids is 1. The zero-order valence-corrected chi connectivity index (χ0v) is 8.55. The lowest BCUT2D eigenvalue weighted by atomic mass is 9.88. The SMILES string of the molecule is CCCC(O)(CCC)CCC(=O)O. The smallest absolute Gasteiger partial charge is 0.303 e. The molecule has 0 radical (unpaired) electrons. The van der Waals surface area contributed by atoms with Gasteiger partial charge in [0, 0.05) is 6.42 Å². The highest BCUT2D eigenvalue weighted by Crippen LogP contribution is 2.24. The summed E-state index contributed by atoms with van der Waals surface area (Å²) in [5.74, 6) is -0.828. The first-order chi connectivity index (χ1) is 6.04. The Kier molecular flexibility index (Phi) is 5.71. The Morgan fingerprint density at radius 3 is 1.92 bits per heavy atom. The number of hydrogen-bond donors (Lipinski definition) is 2. The number of carbonyl (C=O) groups is 1. The predicted molar refractivity (Wildman–Crippen MR) is 51.6 cm³/mol. The maximum atomic E-state index is 10.3. The molecule has 3 heteroatoms. The minimum absolute atomic E-state index is 0.0660. The molecule has 0 bridgehead atoms. The average molecular weight is 188 g/mol. The van der Waals surface area contributed by atoms with Gasteiger partial charge in [0.2, 0.25) is 0 Å². The van der Waals surface area contributed by atoms with E-state index in [2.05, 4.69) is 0 Å². The second-order valence-corrected chi connectivity index (χ2v) is 3.62. The topological polar surface area (TPSA) is 57.5 Å². The van der Waals surface area contributed by atoms with Gasteiger partial charge in [-0.3, -0.25) is 4.79 Å². The Bertz CT molecular complexity index is 148. The number of carboxylic acid groups (broad SMARTS) is 1. The van der Waals surface area contributed by atoms with Crippen molar-refractivity contribution in [3.05, 3.63) is 0 Å². The first-order valence-corrected chi connectivity index (χ1v) is 4.98. The first-order valence-electron chi connectivity index (χ1n) is 4.98. The van der Waals surface area contributed by atoms with E-state index in [1.807, 2.05) is 13.8 Å². The Morgan fingerprint density at radius 2 is 1.62 bits per heavy atom. The third-order valence-electron chi connectivity index (χ3n) is 2.23. The Balaban J connectivity index is 3.98. The molecule has 78 valence electrons. The maximum absolute atomic E-state index is 10.3. The lowest BCUT2D eigenvalue weighted by Gasteiger charge is -2.26. The van der Waals surface area contributed by atoms with Gasteiger partial charge in [0.05, 0.1) is 5.60 Å². The van der Waals surface area contributed by atoms with E-state index in [1.54, 1.807) is 0 Å². The largest absolute Gasteiger partial charge is 0.481 e. The molecule has 3 nitrogen and oxygen atoms in total. The third kappa shape index (κ3) is 5.64. The summed E-state index contributed by atoms with van der Waals surface area (Å²) in [6, 6.07) is 0. The molecule has 0 saturated carbocycles. The molecule has 0 spiro atoms. The van der Waals surface area contributed by atoms with E-state index in [0.29, 0.717) is 19.3 Å². The number of hydrogen-bond acceptors (Lipinski definition) is 2. The number of aliphatic hydroxyl groups is 1. The summed E-state index contributed by atoms with van der Waals surface area (Å²) in [6.45, 7) is 4.00. The molecule has 0 unspecified atom stereocenters. The monoisotopic (exact) mass is 188 g/mol. The fraction of sp³-hybridized carbons (Fsp3) is 0.900. The van der Waals surface area contributed by atoms with Crippen molar-refractivity contribution in [2.75, 3.05) is 0 Å². The molecular formula is C10H20O3. The Hall–Kier alpha value is -0.570. The van der Waals surface area contributed by atoms with Crippen LogP contribution in [0.25, 0.3) is 0 Å².